The third-order valence-electron chi connectivity index (χ3n) is 4.78. The first kappa shape index (κ1) is 28.4. The molecule has 0 saturated heterocycles. The third kappa shape index (κ3) is 11.9. The molecule has 0 fully saturated rings. The van der Waals surface area contributed by atoms with E-state index in [9.17, 15) is 9.59 Å². The summed E-state index contributed by atoms with van der Waals surface area (Å²) in [6.07, 6.45) is 2.87. The molecule has 0 aliphatic heterocycles. The zero-order valence-electron chi connectivity index (χ0n) is 20.2. The van der Waals surface area contributed by atoms with Gasteiger partial charge < -0.3 is 23.3 Å². The highest BCUT2D eigenvalue weighted by Gasteiger charge is 2.39. The second-order valence-electron chi connectivity index (χ2n) is 7.46. The van der Waals surface area contributed by atoms with E-state index in [4.69, 9.17) is 18.0 Å². The van der Waals surface area contributed by atoms with E-state index in [1.807, 2.05) is 45.0 Å². The fourth-order valence-electron chi connectivity index (χ4n) is 3.51. The Hall–Kier alpha value is -1.58. The average molecular weight is 468 g/mol. The normalized spacial score (nSPS) is 11.5. The molecule has 0 aliphatic rings. The van der Waals surface area contributed by atoms with Crippen LogP contribution in [-0.2, 0) is 40.4 Å². The van der Waals surface area contributed by atoms with Gasteiger partial charge in [0, 0.05) is 38.7 Å². The van der Waals surface area contributed by atoms with E-state index in [1.54, 1.807) is 6.92 Å². The third-order valence-corrected chi connectivity index (χ3v) is 7.94. The van der Waals surface area contributed by atoms with Crippen molar-refractivity contribution in [2.45, 2.75) is 65.8 Å². The second kappa shape index (κ2) is 17.0. The predicted octanol–water partition coefficient (Wildman–Crippen LogP) is 3.71. The first-order valence-electron chi connectivity index (χ1n) is 11.9. The summed E-state index contributed by atoms with van der Waals surface area (Å²) < 4.78 is 22.6. The van der Waals surface area contributed by atoms with Crippen LogP contribution >= 0.6 is 0 Å². The highest BCUT2D eigenvalue weighted by Crippen LogP contribution is 2.17. The SMILES string of the molecule is CCOC(=O)Cc1cccc(CC(=O)CCCNCCC[Si](OCC)(OCC)OCC)c1. The Kier molecular flexibility index (Phi) is 15.1. The van der Waals surface area contributed by atoms with Crippen LogP contribution < -0.4 is 5.32 Å². The molecule has 0 atom stereocenters. The first-order valence-corrected chi connectivity index (χ1v) is 13.8. The van der Waals surface area contributed by atoms with Gasteiger partial charge in [0.05, 0.1) is 13.0 Å². The number of benzene rings is 1. The molecule has 0 radical (unpaired) electrons. The van der Waals surface area contributed by atoms with Crippen molar-refractivity contribution in [1.29, 1.82) is 0 Å². The van der Waals surface area contributed by atoms with Gasteiger partial charge in [0.25, 0.3) is 0 Å². The number of carbonyl (C=O) groups is 2. The number of ether oxygens (including phenoxy) is 1. The fourth-order valence-corrected chi connectivity index (χ4v) is 6.12. The van der Waals surface area contributed by atoms with Crippen molar-refractivity contribution < 1.29 is 27.6 Å². The lowest BCUT2D eigenvalue weighted by atomic mass is 10.0. The lowest BCUT2D eigenvalue weighted by Gasteiger charge is -2.28. The van der Waals surface area contributed by atoms with Gasteiger partial charge in [-0.15, -0.1) is 0 Å². The number of rotatable bonds is 19. The fraction of sp³-hybridized carbons (Fsp3) is 0.667. The number of hydrogen-bond acceptors (Lipinski definition) is 7. The summed E-state index contributed by atoms with van der Waals surface area (Å²) >= 11 is 0. The molecule has 182 valence electrons. The second-order valence-corrected chi connectivity index (χ2v) is 10.2. The number of esters is 1. The molecule has 1 rings (SSSR count). The van der Waals surface area contributed by atoms with E-state index in [-0.39, 0.29) is 18.2 Å². The zero-order valence-corrected chi connectivity index (χ0v) is 21.2. The van der Waals surface area contributed by atoms with Crippen molar-refractivity contribution in [3.63, 3.8) is 0 Å². The van der Waals surface area contributed by atoms with Gasteiger partial charge in [-0.25, -0.2) is 0 Å². The first-order chi connectivity index (χ1) is 15.5. The predicted molar refractivity (Wildman–Crippen MR) is 128 cm³/mol. The molecule has 0 unspecified atom stereocenters. The van der Waals surface area contributed by atoms with Crippen LogP contribution in [0, 0.1) is 0 Å². The van der Waals surface area contributed by atoms with Crippen LogP contribution in [0.15, 0.2) is 24.3 Å². The summed E-state index contributed by atoms with van der Waals surface area (Å²) in [4.78, 5) is 24.0. The molecule has 0 aromatic heterocycles. The minimum absolute atomic E-state index is 0.204. The molecule has 0 aliphatic carbocycles. The molecule has 0 amide bonds. The van der Waals surface area contributed by atoms with Gasteiger partial charge in [-0.05, 0) is 64.8 Å². The van der Waals surface area contributed by atoms with E-state index in [0.29, 0.717) is 39.3 Å². The van der Waals surface area contributed by atoms with Gasteiger partial charge in [-0.1, -0.05) is 24.3 Å². The number of ketones is 1. The largest absolute Gasteiger partial charge is 0.500 e. The number of Topliss-reactive ketones (excluding diaryl/α,β-unsaturated/α-hetero) is 1. The summed E-state index contributed by atoms with van der Waals surface area (Å²) in [6, 6.07) is 8.40. The molecule has 0 spiro atoms. The molecular formula is C24H41NO6Si. The topological polar surface area (TPSA) is 83.1 Å². The Morgan fingerprint density at radius 1 is 0.844 bits per heavy atom. The maximum atomic E-state index is 12.3. The van der Waals surface area contributed by atoms with E-state index >= 15 is 0 Å². The van der Waals surface area contributed by atoms with Crippen LogP contribution in [0.4, 0.5) is 0 Å². The molecule has 0 saturated carbocycles. The zero-order chi connectivity index (χ0) is 23.7. The van der Waals surface area contributed by atoms with Crippen molar-refractivity contribution in [3.8, 4) is 0 Å². The maximum absolute atomic E-state index is 12.3. The molecule has 0 heterocycles. The van der Waals surface area contributed by atoms with Crippen molar-refractivity contribution in [2.75, 3.05) is 39.5 Å². The smallest absolute Gasteiger partial charge is 0.466 e. The monoisotopic (exact) mass is 467 g/mol. The highest BCUT2D eigenvalue weighted by atomic mass is 28.4. The highest BCUT2D eigenvalue weighted by molar-refractivity contribution is 6.60. The number of carbonyl (C=O) groups excluding carboxylic acids is 2. The summed E-state index contributed by atoms with van der Waals surface area (Å²) in [5.41, 5.74) is 1.81. The summed E-state index contributed by atoms with van der Waals surface area (Å²) in [7, 11) is -2.57. The van der Waals surface area contributed by atoms with Gasteiger partial charge in [0.1, 0.15) is 5.78 Å². The van der Waals surface area contributed by atoms with Gasteiger partial charge in [0.2, 0.25) is 0 Å². The summed E-state index contributed by atoms with van der Waals surface area (Å²) in [6.45, 7) is 11.5. The quantitative estimate of drug-likeness (QED) is 0.189. The van der Waals surface area contributed by atoms with Crippen molar-refractivity contribution in [3.05, 3.63) is 35.4 Å². The summed E-state index contributed by atoms with van der Waals surface area (Å²) in [5, 5.41) is 3.40. The van der Waals surface area contributed by atoms with E-state index in [2.05, 4.69) is 5.32 Å². The van der Waals surface area contributed by atoms with Crippen LogP contribution in [0.2, 0.25) is 6.04 Å². The molecule has 32 heavy (non-hydrogen) atoms. The molecular weight excluding hydrogens is 426 g/mol. The van der Waals surface area contributed by atoms with E-state index in [1.165, 1.54) is 0 Å². The Balaban J connectivity index is 2.28. The van der Waals surface area contributed by atoms with Gasteiger partial charge in [-0.3, -0.25) is 9.59 Å². The summed E-state index contributed by atoms with van der Waals surface area (Å²) in [5.74, 6) is -0.0405. The van der Waals surface area contributed by atoms with E-state index in [0.717, 1.165) is 43.1 Å². The lowest BCUT2D eigenvalue weighted by molar-refractivity contribution is -0.142. The van der Waals surface area contributed by atoms with Gasteiger partial charge in [0.15, 0.2) is 0 Å². The number of hydrogen-bond donors (Lipinski definition) is 1. The lowest BCUT2D eigenvalue weighted by Crippen LogP contribution is -2.46. The Morgan fingerprint density at radius 2 is 1.44 bits per heavy atom. The van der Waals surface area contributed by atoms with Crippen molar-refractivity contribution >= 4 is 20.6 Å². The van der Waals surface area contributed by atoms with Crippen molar-refractivity contribution in [2.24, 2.45) is 0 Å². The minimum atomic E-state index is -2.57. The van der Waals surface area contributed by atoms with Gasteiger partial charge >= 0.3 is 14.8 Å². The molecule has 7 nitrogen and oxygen atoms in total. The van der Waals surface area contributed by atoms with E-state index < -0.39 is 8.80 Å². The molecule has 1 N–H and O–H groups in total. The van der Waals surface area contributed by atoms with Crippen LogP contribution in [0.1, 0.15) is 58.1 Å². The van der Waals surface area contributed by atoms with Crippen LogP contribution in [-0.4, -0.2) is 60.1 Å². The maximum Gasteiger partial charge on any atom is 0.500 e. The minimum Gasteiger partial charge on any atom is -0.466 e. The molecule has 1 aromatic rings. The van der Waals surface area contributed by atoms with Crippen LogP contribution in [0.5, 0.6) is 0 Å². The van der Waals surface area contributed by atoms with Crippen LogP contribution in [0.3, 0.4) is 0 Å². The average Bonchev–Trinajstić information content (AvgIpc) is 2.74. The van der Waals surface area contributed by atoms with Crippen LogP contribution in [0.25, 0.3) is 0 Å². The molecule has 1 aromatic carbocycles. The van der Waals surface area contributed by atoms with Crippen molar-refractivity contribution in [1.82, 2.24) is 5.32 Å². The molecule has 0 bridgehead atoms. The Morgan fingerprint density at radius 3 is 2.03 bits per heavy atom. The Labute approximate surface area is 194 Å². The Bertz CT molecular complexity index is 653. The molecule has 8 heteroatoms. The standard InChI is InChI=1S/C24H41NO6Si/c1-5-28-24(27)20-22-13-9-12-21(18-22)19-23(26)14-10-15-25-16-11-17-32(29-6-2,30-7-3)31-8-4/h9,12-13,18,25H,5-8,10-11,14-17,19-20H2,1-4H3. The van der Waals surface area contributed by atoms with Gasteiger partial charge in [-0.2, -0.15) is 0 Å². The number of nitrogens with one attached hydrogen (secondary N) is 1.